The Morgan fingerprint density at radius 1 is 0.800 bits per heavy atom. The lowest BCUT2D eigenvalue weighted by Gasteiger charge is -2.20. The van der Waals surface area contributed by atoms with E-state index in [0.29, 0.717) is 6.54 Å². The second-order valence-electron chi connectivity index (χ2n) is 7.09. The molecule has 3 aromatic carbocycles. The Bertz CT molecular complexity index is 930. The molecule has 0 radical (unpaired) electrons. The smallest absolute Gasteiger partial charge is 0.244 e. The van der Waals surface area contributed by atoms with Gasteiger partial charge in [0.2, 0.25) is 11.8 Å². The number of amides is 2. The highest BCUT2D eigenvalue weighted by Gasteiger charge is 2.18. The Kier molecular flexibility index (Phi) is 7.56. The molecular formula is C26H26N2O2. The van der Waals surface area contributed by atoms with Crippen molar-refractivity contribution in [2.45, 2.75) is 18.9 Å². The summed E-state index contributed by atoms with van der Waals surface area (Å²) in [6.07, 6.45) is 3.16. The summed E-state index contributed by atoms with van der Waals surface area (Å²) in [6, 6.07) is 29.1. The average Bonchev–Trinajstić information content (AvgIpc) is 2.80. The molecule has 30 heavy (non-hydrogen) atoms. The van der Waals surface area contributed by atoms with Gasteiger partial charge in [-0.1, -0.05) is 91.0 Å². The standard InChI is InChI=1S/C26H26N2O2/c1-20(28-25(29)18-17-21-11-5-2-6-12-21)26(30)27-19-24(22-13-7-3-8-14-22)23-15-9-4-10-16-23/h2-18,20,24H,19H2,1H3,(H,27,30)(H,28,29)/b18-17+. The van der Waals surface area contributed by atoms with Gasteiger partial charge in [0.1, 0.15) is 6.04 Å². The summed E-state index contributed by atoms with van der Waals surface area (Å²) >= 11 is 0. The fourth-order valence-corrected chi connectivity index (χ4v) is 3.22. The van der Waals surface area contributed by atoms with E-state index in [1.54, 1.807) is 13.0 Å². The molecule has 3 aromatic rings. The fraction of sp³-hybridized carbons (Fsp3) is 0.154. The SMILES string of the molecule is CC(NC(=O)/C=C/c1ccccc1)C(=O)NCC(c1ccccc1)c1ccccc1. The predicted octanol–water partition coefficient (Wildman–Crippen LogP) is 4.15. The molecule has 0 saturated carbocycles. The van der Waals surface area contributed by atoms with Gasteiger partial charge in [-0.3, -0.25) is 9.59 Å². The predicted molar refractivity (Wildman–Crippen MR) is 121 cm³/mol. The van der Waals surface area contributed by atoms with Crippen LogP contribution in [0.3, 0.4) is 0 Å². The van der Waals surface area contributed by atoms with Gasteiger partial charge in [-0.2, -0.15) is 0 Å². The van der Waals surface area contributed by atoms with Crippen molar-refractivity contribution in [1.82, 2.24) is 10.6 Å². The van der Waals surface area contributed by atoms with E-state index in [9.17, 15) is 9.59 Å². The first kappa shape index (κ1) is 21.1. The zero-order chi connectivity index (χ0) is 21.2. The van der Waals surface area contributed by atoms with Gasteiger partial charge >= 0.3 is 0 Å². The van der Waals surface area contributed by atoms with Gasteiger partial charge in [-0.15, -0.1) is 0 Å². The normalized spacial score (nSPS) is 11.9. The first-order chi connectivity index (χ1) is 14.6. The molecule has 0 bridgehead atoms. The Morgan fingerprint density at radius 2 is 1.30 bits per heavy atom. The van der Waals surface area contributed by atoms with Crippen molar-refractivity contribution < 1.29 is 9.59 Å². The molecule has 0 aliphatic heterocycles. The van der Waals surface area contributed by atoms with Crippen LogP contribution in [0.2, 0.25) is 0 Å². The summed E-state index contributed by atoms with van der Waals surface area (Å²) < 4.78 is 0. The van der Waals surface area contributed by atoms with Gasteiger partial charge in [0, 0.05) is 18.5 Å². The van der Waals surface area contributed by atoms with Crippen LogP contribution in [-0.4, -0.2) is 24.4 Å². The van der Waals surface area contributed by atoms with Crippen LogP contribution in [0.25, 0.3) is 6.08 Å². The second kappa shape index (κ2) is 10.8. The molecule has 0 aromatic heterocycles. The van der Waals surface area contributed by atoms with Crippen molar-refractivity contribution >= 4 is 17.9 Å². The minimum Gasteiger partial charge on any atom is -0.353 e. The zero-order valence-electron chi connectivity index (χ0n) is 17.0. The maximum Gasteiger partial charge on any atom is 0.244 e. The van der Waals surface area contributed by atoms with Gasteiger partial charge in [0.05, 0.1) is 0 Å². The molecule has 0 spiro atoms. The first-order valence-corrected chi connectivity index (χ1v) is 10.0. The van der Waals surface area contributed by atoms with E-state index in [0.717, 1.165) is 16.7 Å². The average molecular weight is 399 g/mol. The molecule has 3 rings (SSSR count). The topological polar surface area (TPSA) is 58.2 Å². The van der Waals surface area contributed by atoms with Gasteiger partial charge in [0.25, 0.3) is 0 Å². The third-order valence-electron chi connectivity index (χ3n) is 4.86. The van der Waals surface area contributed by atoms with Crippen molar-refractivity contribution in [3.8, 4) is 0 Å². The van der Waals surface area contributed by atoms with Crippen LogP contribution in [0.15, 0.2) is 97.1 Å². The van der Waals surface area contributed by atoms with Crippen molar-refractivity contribution in [1.29, 1.82) is 0 Å². The van der Waals surface area contributed by atoms with Crippen LogP contribution in [-0.2, 0) is 9.59 Å². The van der Waals surface area contributed by atoms with E-state index in [4.69, 9.17) is 0 Å². The fourth-order valence-electron chi connectivity index (χ4n) is 3.22. The summed E-state index contributed by atoms with van der Waals surface area (Å²) in [5, 5.41) is 5.70. The number of hydrogen-bond acceptors (Lipinski definition) is 2. The highest BCUT2D eigenvalue weighted by Crippen LogP contribution is 2.23. The number of hydrogen-bond donors (Lipinski definition) is 2. The van der Waals surface area contributed by atoms with Gasteiger partial charge < -0.3 is 10.6 Å². The van der Waals surface area contributed by atoms with E-state index >= 15 is 0 Å². The van der Waals surface area contributed by atoms with E-state index in [2.05, 4.69) is 34.9 Å². The van der Waals surface area contributed by atoms with Crippen LogP contribution >= 0.6 is 0 Å². The van der Waals surface area contributed by atoms with Crippen molar-refractivity contribution in [2.24, 2.45) is 0 Å². The largest absolute Gasteiger partial charge is 0.353 e. The summed E-state index contributed by atoms with van der Waals surface area (Å²) in [5.74, 6) is -0.477. The Hall–Kier alpha value is -3.66. The third kappa shape index (κ3) is 6.17. The molecule has 2 N–H and O–H groups in total. The quantitative estimate of drug-likeness (QED) is 0.560. The number of nitrogens with one attached hydrogen (secondary N) is 2. The Balaban J connectivity index is 1.58. The van der Waals surface area contributed by atoms with Gasteiger partial charge in [-0.05, 0) is 29.7 Å². The van der Waals surface area contributed by atoms with Gasteiger partial charge in [0.15, 0.2) is 0 Å². The molecular weight excluding hydrogens is 372 g/mol. The second-order valence-corrected chi connectivity index (χ2v) is 7.09. The van der Waals surface area contributed by atoms with Crippen LogP contribution in [0, 0.1) is 0 Å². The highest BCUT2D eigenvalue weighted by atomic mass is 16.2. The molecule has 0 aliphatic carbocycles. The Labute approximate surface area is 177 Å². The maximum atomic E-state index is 12.6. The lowest BCUT2D eigenvalue weighted by Crippen LogP contribution is -2.45. The molecule has 0 saturated heterocycles. The molecule has 1 unspecified atom stereocenters. The first-order valence-electron chi connectivity index (χ1n) is 10.0. The molecule has 0 heterocycles. The van der Waals surface area contributed by atoms with Crippen LogP contribution in [0.5, 0.6) is 0 Å². The molecule has 1 atom stereocenters. The summed E-state index contributed by atoms with van der Waals surface area (Å²) in [6.45, 7) is 2.14. The molecule has 0 fully saturated rings. The number of carbonyl (C=O) groups excluding carboxylic acids is 2. The van der Waals surface area contributed by atoms with Crippen LogP contribution < -0.4 is 10.6 Å². The van der Waals surface area contributed by atoms with Crippen molar-refractivity contribution in [3.05, 3.63) is 114 Å². The number of carbonyl (C=O) groups is 2. The third-order valence-corrected chi connectivity index (χ3v) is 4.86. The van der Waals surface area contributed by atoms with E-state index in [1.165, 1.54) is 6.08 Å². The lowest BCUT2D eigenvalue weighted by atomic mass is 9.91. The van der Waals surface area contributed by atoms with E-state index < -0.39 is 6.04 Å². The molecule has 152 valence electrons. The van der Waals surface area contributed by atoms with Crippen LogP contribution in [0.4, 0.5) is 0 Å². The summed E-state index contributed by atoms with van der Waals surface area (Å²) in [4.78, 5) is 24.7. The summed E-state index contributed by atoms with van der Waals surface area (Å²) in [7, 11) is 0. The maximum absolute atomic E-state index is 12.6. The van der Waals surface area contributed by atoms with Crippen molar-refractivity contribution in [2.75, 3.05) is 6.54 Å². The number of benzene rings is 3. The molecule has 2 amide bonds. The van der Waals surface area contributed by atoms with Crippen molar-refractivity contribution in [3.63, 3.8) is 0 Å². The van der Waals surface area contributed by atoms with Crippen LogP contribution in [0.1, 0.15) is 29.5 Å². The minimum atomic E-state index is -0.634. The molecule has 4 nitrogen and oxygen atoms in total. The zero-order valence-corrected chi connectivity index (χ0v) is 17.0. The van der Waals surface area contributed by atoms with E-state index in [1.807, 2.05) is 66.7 Å². The monoisotopic (exact) mass is 398 g/mol. The molecule has 4 heteroatoms. The highest BCUT2D eigenvalue weighted by molar-refractivity contribution is 5.95. The summed E-state index contributed by atoms with van der Waals surface area (Å²) in [5.41, 5.74) is 3.19. The minimum absolute atomic E-state index is 0.0391. The lowest BCUT2D eigenvalue weighted by molar-refractivity contribution is -0.126. The van der Waals surface area contributed by atoms with E-state index in [-0.39, 0.29) is 17.7 Å². The number of rotatable bonds is 8. The Morgan fingerprint density at radius 3 is 1.83 bits per heavy atom. The van der Waals surface area contributed by atoms with Gasteiger partial charge in [-0.25, -0.2) is 0 Å². The molecule has 0 aliphatic rings.